The van der Waals surface area contributed by atoms with E-state index < -0.39 is 0 Å². The maximum Gasteiger partial charge on any atom is 0.0522 e. The largest absolute Gasteiger partial charge is 0.314 e. The highest BCUT2D eigenvalue weighted by Gasteiger charge is 2.23. The molecule has 1 aromatic heterocycles. The minimum atomic E-state index is 0.752. The summed E-state index contributed by atoms with van der Waals surface area (Å²) >= 11 is 0. The third-order valence-electron chi connectivity index (χ3n) is 4.59. The molecule has 1 fully saturated rings. The Bertz CT molecular complexity index is 358. The van der Waals surface area contributed by atoms with E-state index in [1.54, 1.807) is 0 Å². The smallest absolute Gasteiger partial charge is 0.0522 e. The van der Waals surface area contributed by atoms with Gasteiger partial charge in [0, 0.05) is 11.7 Å². The lowest BCUT2D eigenvalue weighted by Gasteiger charge is -2.32. The van der Waals surface area contributed by atoms with Gasteiger partial charge in [0.2, 0.25) is 0 Å². The molecule has 0 aromatic carbocycles. The zero-order valence-corrected chi connectivity index (χ0v) is 12.0. The van der Waals surface area contributed by atoms with Crippen molar-refractivity contribution in [3.8, 4) is 0 Å². The molecule has 3 nitrogen and oxygen atoms in total. The summed E-state index contributed by atoms with van der Waals surface area (Å²) in [5.74, 6) is 1.80. The van der Waals surface area contributed by atoms with Crippen LogP contribution in [0.25, 0.3) is 0 Å². The van der Waals surface area contributed by atoms with E-state index in [-0.39, 0.29) is 0 Å². The van der Waals surface area contributed by atoms with Gasteiger partial charge in [0.05, 0.1) is 6.20 Å². The molecule has 1 aliphatic rings. The highest BCUT2D eigenvalue weighted by Crippen LogP contribution is 2.29. The van der Waals surface area contributed by atoms with Gasteiger partial charge in [-0.2, -0.15) is 5.10 Å². The average Bonchev–Trinajstić information content (AvgIpc) is 2.75. The van der Waals surface area contributed by atoms with Gasteiger partial charge in [0.25, 0.3) is 0 Å². The molecule has 1 aliphatic carbocycles. The molecule has 18 heavy (non-hydrogen) atoms. The number of hydrogen-bond acceptors (Lipinski definition) is 2. The second-order valence-electron chi connectivity index (χ2n) is 6.04. The fourth-order valence-electron chi connectivity index (χ4n) is 2.95. The van der Waals surface area contributed by atoms with Crippen LogP contribution in [0.3, 0.4) is 0 Å². The van der Waals surface area contributed by atoms with E-state index in [0.29, 0.717) is 0 Å². The van der Waals surface area contributed by atoms with Gasteiger partial charge in [-0.1, -0.05) is 13.8 Å². The molecule has 3 unspecified atom stereocenters. The SMILES string of the molecule is Cc1[nH]ncc1CCCNC1CCC(C)C(C)C1. The van der Waals surface area contributed by atoms with Crippen molar-refractivity contribution in [2.24, 2.45) is 11.8 Å². The van der Waals surface area contributed by atoms with Gasteiger partial charge in [-0.3, -0.25) is 5.10 Å². The van der Waals surface area contributed by atoms with Crippen LogP contribution in [0.5, 0.6) is 0 Å². The number of hydrogen-bond donors (Lipinski definition) is 2. The summed E-state index contributed by atoms with van der Waals surface area (Å²) in [5, 5.41) is 10.8. The van der Waals surface area contributed by atoms with Crippen molar-refractivity contribution in [1.82, 2.24) is 15.5 Å². The van der Waals surface area contributed by atoms with Crippen LogP contribution in [0.4, 0.5) is 0 Å². The van der Waals surface area contributed by atoms with Crippen molar-refractivity contribution >= 4 is 0 Å². The van der Waals surface area contributed by atoms with Gasteiger partial charge < -0.3 is 5.32 Å². The first-order valence-corrected chi connectivity index (χ1v) is 7.39. The first kappa shape index (κ1) is 13.6. The number of H-pyrrole nitrogens is 1. The van der Waals surface area contributed by atoms with Crippen LogP contribution in [0.15, 0.2) is 6.20 Å². The molecular weight excluding hydrogens is 222 g/mol. The Balaban J connectivity index is 1.63. The molecule has 0 aliphatic heterocycles. The summed E-state index contributed by atoms with van der Waals surface area (Å²) in [6.07, 6.45) is 8.40. The summed E-state index contributed by atoms with van der Waals surface area (Å²) < 4.78 is 0. The number of aryl methyl sites for hydroxylation is 2. The quantitative estimate of drug-likeness (QED) is 0.787. The summed E-state index contributed by atoms with van der Waals surface area (Å²) in [6, 6.07) is 0.752. The Morgan fingerprint density at radius 2 is 2.17 bits per heavy atom. The second kappa shape index (κ2) is 6.37. The fourth-order valence-corrected chi connectivity index (χ4v) is 2.95. The molecule has 3 heteroatoms. The maximum atomic E-state index is 4.06. The first-order valence-electron chi connectivity index (χ1n) is 7.39. The van der Waals surface area contributed by atoms with E-state index in [0.717, 1.165) is 30.8 Å². The van der Waals surface area contributed by atoms with Crippen LogP contribution in [0, 0.1) is 18.8 Å². The summed E-state index contributed by atoms with van der Waals surface area (Å²) in [4.78, 5) is 0. The van der Waals surface area contributed by atoms with Crippen LogP contribution in [-0.2, 0) is 6.42 Å². The van der Waals surface area contributed by atoms with Crippen molar-refractivity contribution in [3.05, 3.63) is 17.5 Å². The van der Waals surface area contributed by atoms with Crippen LogP contribution >= 0.6 is 0 Å². The third-order valence-corrected chi connectivity index (χ3v) is 4.59. The molecule has 0 saturated heterocycles. The zero-order valence-electron chi connectivity index (χ0n) is 12.0. The Hall–Kier alpha value is -0.830. The number of aromatic nitrogens is 2. The molecule has 3 atom stereocenters. The maximum absolute atomic E-state index is 4.06. The van der Waals surface area contributed by atoms with Gasteiger partial charge in [0.15, 0.2) is 0 Å². The minimum absolute atomic E-state index is 0.752. The van der Waals surface area contributed by atoms with Gasteiger partial charge in [-0.25, -0.2) is 0 Å². The summed E-state index contributed by atoms with van der Waals surface area (Å²) in [6.45, 7) is 8.02. The van der Waals surface area contributed by atoms with Crippen molar-refractivity contribution in [3.63, 3.8) is 0 Å². The lowest BCUT2D eigenvalue weighted by molar-refractivity contribution is 0.226. The van der Waals surface area contributed by atoms with E-state index in [1.807, 2.05) is 6.20 Å². The first-order chi connectivity index (χ1) is 8.66. The molecule has 0 radical (unpaired) electrons. The van der Waals surface area contributed by atoms with Crippen LogP contribution in [0.1, 0.15) is 50.8 Å². The summed E-state index contributed by atoms with van der Waals surface area (Å²) in [7, 11) is 0. The van der Waals surface area contributed by atoms with Gasteiger partial charge in [-0.15, -0.1) is 0 Å². The molecule has 2 N–H and O–H groups in total. The van der Waals surface area contributed by atoms with Crippen LogP contribution in [-0.4, -0.2) is 22.8 Å². The Labute approximate surface area is 111 Å². The standard InChI is InChI=1S/C15H27N3/c1-11-6-7-15(9-12(11)2)16-8-4-5-14-10-17-18-13(14)3/h10-12,15-16H,4-9H2,1-3H3,(H,17,18). The van der Waals surface area contributed by atoms with Crippen molar-refractivity contribution < 1.29 is 0 Å². The Morgan fingerprint density at radius 3 is 2.83 bits per heavy atom. The van der Waals surface area contributed by atoms with E-state index in [2.05, 4.69) is 36.3 Å². The van der Waals surface area contributed by atoms with Gasteiger partial charge in [0.1, 0.15) is 0 Å². The monoisotopic (exact) mass is 249 g/mol. The third kappa shape index (κ3) is 3.58. The summed E-state index contributed by atoms with van der Waals surface area (Å²) in [5.41, 5.74) is 2.58. The molecule has 1 saturated carbocycles. The molecule has 1 heterocycles. The van der Waals surface area contributed by atoms with Crippen molar-refractivity contribution in [2.45, 2.75) is 58.9 Å². The number of aromatic amines is 1. The van der Waals surface area contributed by atoms with Crippen molar-refractivity contribution in [1.29, 1.82) is 0 Å². The van der Waals surface area contributed by atoms with E-state index in [4.69, 9.17) is 0 Å². The van der Waals surface area contributed by atoms with E-state index >= 15 is 0 Å². The van der Waals surface area contributed by atoms with Gasteiger partial charge in [-0.05, 0) is 63.0 Å². The minimum Gasteiger partial charge on any atom is -0.314 e. The number of nitrogens with zero attached hydrogens (tertiary/aromatic N) is 1. The lowest BCUT2D eigenvalue weighted by atomic mass is 9.79. The van der Waals surface area contributed by atoms with E-state index in [9.17, 15) is 0 Å². The average molecular weight is 249 g/mol. The number of nitrogens with one attached hydrogen (secondary N) is 2. The lowest BCUT2D eigenvalue weighted by Crippen LogP contribution is -2.36. The highest BCUT2D eigenvalue weighted by atomic mass is 15.1. The van der Waals surface area contributed by atoms with E-state index in [1.165, 1.54) is 36.9 Å². The zero-order chi connectivity index (χ0) is 13.0. The Kier molecular flexibility index (Phi) is 4.81. The molecule has 2 rings (SSSR count). The fraction of sp³-hybridized carbons (Fsp3) is 0.800. The molecule has 0 spiro atoms. The highest BCUT2D eigenvalue weighted by molar-refractivity contribution is 5.14. The normalized spacial score (nSPS) is 28.5. The van der Waals surface area contributed by atoms with Crippen LogP contribution < -0.4 is 5.32 Å². The molecule has 0 amide bonds. The number of rotatable bonds is 5. The van der Waals surface area contributed by atoms with Crippen LogP contribution in [0.2, 0.25) is 0 Å². The molecule has 0 bridgehead atoms. The topological polar surface area (TPSA) is 40.7 Å². The predicted molar refractivity (Wildman–Crippen MR) is 75.6 cm³/mol. The second-order valence-corrected chi connectivity index (χ2v) is 6.04. The molecule has 102 valence electrons. The van der Waals surface area contributed by atoms with Gasteiger partial charge >= 0.3 is 0 Å². The molecule has 1 aromatic rings. The van der Waals surface area contributed by atoms with Crippen molar-refractivity contribution in [2.75, 3.05) is 6.54 Å². The predicted octanol–water partition coefficient (Wildman–Crippen LogP) is 3.07. The molecular formula is C15H27N3. The Morgan fingerprint density at radius 1 is 1.33 bits per heavy atom.